The highest BCUT2D eigenvalue weighted by Crippen LogP contribution is 2.34. The van der Waals surface area contributed by atoms with Crippen LogP contribution < -0.4 is 5.32 Å². The van der Waals surface area contributed by atoms with Gasteiger partial charge in [-0.1, -0.05) is 0 Å². The van der Waals surface area contributed by atoms with Crippen molar-refractivity contribution in [3.63, 3.8) is 0 Å². The van der Waals surface area contributed by atoms with Gasteiger partial charge in [0, 0.05) is 6.54 Å². The van der Waals surface area contributed by atoms with E-state index in [1.807, 2.05) is 0 Å². The molecule has 1 heterocycles. The molecule has 1 aliphatic heterocycles. The highest BCUT2D eigenvalue weighted by Gasteiger charge is 2.32. The average Bonchev–Trinajstić information content (AvgIpc) is 2.36. The van der Waals surface area contributed by atoms with E-state index in [2.05, 4.69) is 5.32 Å². The van der Waals surface area contributed by atoms with Crippen LogP contribution in [0.3, 0.4) is 0 Å². The number of nitrogens with one attached hydrogen (secondary N) is 1. The third kappa shape index (κ3) is 2.38. The minimum atomic E-state index is -4.47. The number of alkyl halides is 3. The monoisotopic (exact) mass is 265 g/mol. The molecular weight excluding hydrogens is 255 g/mol. The van der Waals surface area contributed by atoms with E-state index in [9.17, 15) is 21.6 Å². The Balaban J connectivity index is 2.57. The third-order valence-electron chi connectivity index (χ3n) is 2.55. The van der Waals surface area contributed by atoms with Gasteiger partial charge in [-0.05, 0) is 24.6 Å². The van der Waals surface area contributed by atoms with E-state index in [-0.39, 0.29) is 16.3 Å². The number of hydrogen-bond donors (Lipinski definition) is 1. The summed E-state index contributed by atoms with van der Waals surface area (Å²) in [5.74, 6) is -0.0433. The van der Waals surface area contributed by atoms with Crippen molar-refractivity contribution >= 4 is 15.5 Å². The van der Waals surface area contributed by atoms with E-state index < -0.39 is 21.6 Å². The van der Waals surface area contributed by atoms with Gasteiger partial charge in [-0.2, -0.15) is 13.2 Å². The lowest BCUT2D eigenvalue weighted by molar-refractivity contribution is -0.137. The van der Waals surface area contributed by atoms with Crippen molar-refractivity contribution in [1.29, 1.82) is 0 Å². The highest BCUT2D eigenvalue weighted by atomic mass is 32.2. The molecule has 94 valence electrons. The van der Waals surface area contributed by atoms with Crippen LogP contribution in [0.25, 0.3) is 0 Å². The summed E-state index contributed by atoms with van der Waals surface area (Å²) in [6, 6.07) is 2.66. The summed E-state index contributed by atoms with van der Waals surface area (Å²) in [4.78, 5) is -0.0528. The molecule has 0 saturated carbocycles. The molecule has 1 aromatic carbocycles. The fourth-order valence-corrected chi connectivity index (χ4v) is 3.20. The van der Waals surface area contributed by atoms with Gasteiger partial charge in [0.1, 0.15) is 0 Å². The zero-order valence-electron chi connectivity index (χ0n) is 8.71. The van der Waals surface area contributed by atoms with E-state index in [1.54, 1.807) is 0 Å². The summed E-state index contributed by atoms with van der Waals surface area (Å²) < 4.78 is 60.9. The Labute approximate surface area is 96.6 Å². The molecule has 0 spiro atoms. The zero-order valence-corrected chi connectivity index (χ0v) is 9.53. The molecule has 1 N–H and O–H groups in total. The predicted molar refractivity (Wildman–Crippen MR) is 56.6 cm³/mol. The third-order valence-corrected chi connectivity index (χ3v) is 4.40. The fourth-order valence-electron chi connectivity index (χ4n) is 1.71. The smallest absolute Gasteiger partial charge is 0.384 e. The Morgan fingerprint density at radius 2 is 1.94 bits per heavy atom. The van der Waals surface area contributed by atoms with Crippen LogP contribution in [0, 0.1) is 0 Å². The summed E-state index contributed by atoms with van der Waals surface area (Å²) in [6.07, 6.45) is -4.08. The molecule has 3 nitrogen and oxygen atoms in total. The van der Waals surface area contributed by atoms with Gasteiger partial charge < -0.3 is 5.32 Å². The molecule has 0 aromatic heterocycles. The lowest BCUT2D eigenvalue weighted by atomic mass is 10.2. The van der Waals surface area contributed by atoms with Gasteiger partial charge in [0.15, 0.2) is 9.84 Å². The maximum atomic E-state index is 12.5. The molecule has 0 aliphatic carbocycles. The van der Waals surface area contributed by atoms with Crippen LogP contribution in [0.15, 0.2) is 23.1 Å². The SMILES string of the molecule is O=S1(=O)CCCNc2cc(C(F)(F)F)ccc21. The van der Waals surface area contributed by atoms with Gasteiger partial charge >= 0.3 is 6.18 Å². The lowest BCUT2D eigenvalue weighted by Crippen LogP contribution is -2.09. The summed E-state index contributed by atoms with van der Waals surface area (Å²) in [7, 11) is -3.47. The van der Waals surface area contributed by atoms with Gasteiger partial charge in [-0.15, -0.1) is 0 Å². The van der Waals surface area contributed by atoms with Gasteiger partial charge in [0.05, 0.1) is 21.9 Å². The van der Waals surface area contributed by atoms with Crippen molar-refractivity contribution in [2.45, 2.75) is 17.5 Å². The number of anilines is 1. The maximum absolute atomic E-state index is 12.5. The average molecular weight is 265 g/mol. The number of rotatable bonds is 0. The molecular formula is C10H10F3NO2S. The lowest BCUT2D eigenvalue weighted by Gasteiger charge is -2.11. The second-order valence-corrected chi connectivity index (χ2v) is 5.89. The topological polar surface area (TPSA) is 46.2 Å². The second-order valence-electron chi connectivity index (χ2n) is 3.81. The number of sulfone groups is 1. The number of hydrogen-bond acceptors (Lipinski definition) is 3. The van der Waals surface area contributed by atoms with Crippen LogP contribution in [-0.2, 0) is 16.0 Å². The van der Waals surface area contributed by atoms with E-state index in [0.29, 0.717) is 13.0 Å². The molecule has 1 aliphatic rings. The Bertz CT molecular complexity index is 537. The van der Waals surface area contributed by atoms with Crippen molar-refractivity contribution in [3.05, 3.63) is 23.8 Å². The van der Waals surface area contributed by atoms with Gasteiger partial charge in [0.25, 0.3) is 0 Å². The van der Waals surface area contributed by atoms with E-state index >= 15 is 0 Å². The zero-order chi connectivity index (χ0) is 12.7. The van der Waals surface area contributed by atoms with Crippen molar-refractivity contribution in [3.8, 4) is 0 Å². The van der Waals surface area contributed by atoms with Crippen molar-refractivity contribution in [1.82, 2.24) is 0 Å². The first-order valence-electron chi connectivity index (χ1n) is 4.98. The molecule has 0 saturated heterocycles. The molecule has 0 fully saturated rings. The van der Waals surface area contributed by atoms with Crippen LogP contribution >= 0.6 is 0 Å². The minimum Gasteiger partial charge on any atom is -0.384 e. The summed E-state index contributed by atoms with van der Waals surface area (Å²) in [5, 5.41) is 2.71. The van der Waals surface area contributed by atoms with Crippen LogP contribution in [0.5, 0.6) is 0 Å². The molecule has 0 radical (unpaired) electrons. The van der Waals surface area contributed by atoms with Crippen molar-refractivity contribution in [2.75, 3.05) is 17.6 Å². The van der Waals surface area contributed by atoms with E-state index in [1.165, 1.54) is 0 Å². The predicted octanol–water partition coefficient (Wildman–Crippen LogP) is 2.29. The molecule has 0 bridgehead atoms. The largest absolute Gasteiger partial charge is 0.416 e. The van der Waals surface area contributed by atoms with Gasteiger partial charge in [0.2, 0.25) is 0 Å². The highest BCUT2D eigenvalue weighted by molar-refractivity contribution is 7.91. The second kappa shape index (κ2) is 3.90. The summed E-state index contributed by atoms with van der Waals surface area (Å²) >= 11 is 0. The van der Waals surface area contributed by atoms with Gasteiger partial charge in [-0.25, -0.2) is 8.42 Å². The Morgan fingerprint density at radius 1 is 1.24 bits per heavy atom. The molecule has 0 amide bonds. The Morgan fingerprint density at radius 3 is 2.59 bits per heavy atom. The van der Waals surface area contributed by atoms with Crippen LogP contribution in [0.1, 0.15) is 12.0 Å². The molecule has 7 heteroatoms. The maximum Gasteiger partial charge on any atom is 0.416 e. The number of benzene rings is 1. The normalized spacial score (nSPS) is 19.0. The molecule has 0 atom stereocenters. The number of fused-ring (bicyclic) bond motifs is 1. The quantitative estimate of drug-likeness (QED) is 0.783. The minimum absolute atomic E-state index is 0.0392. The first-order valence-corrected chi connectivity index (χ1v) is 6.64. The Kier molecular flexibility index (Phi) is 2.81. The van der Waals surface area contributed by atoms with Crippen LogP contribution in [0.4, 0.5) is 18.9 Å². The van der Waals surface area contributed by atoms with Gasteiger partial charge in [-0.3, -0.25) is 0 Å². The number of halogens is 3. The Hall–Kier alpha value is -1.24. The van der Waals surface area contributed by atoms with Crippen molar-refractivity contribution < 1.29 is 21.6 Å². The molecule has 1 aromatic rings. The molecule has 2 rings (SSSR count). The fraction of sp³-hybridized carbons (Fsp3) is 0.400. The molecule has 0 unspecified atom stereocenters. The van der Waals surface area contributed by atoms with E-state index in [0.717, 1.165) is 18.2 Å². The van der Waals surface area contributed by atoms with Crippen LogP contribution in [-0.4, -0.2) is 20.7 Å². The summed E-state index contributed by atoms with van der Waals surface area (Å²) in [6.45, 7) is 0.355. The first-order chi connectivity index (χ1) is 7.81. The standard InChI is InChI=1S/C10H10F3NO2S/c11-10(12,13)7-2-3-9-8(6-7)14-4-1-5-17(9,15)16/h2-3,6,14H,1,4-5H2. The first kappa shape index (κ1) is 12.2. The van der Waals surface area contributed by atoms with Crippen molar-refractivity contribution in [2.24, 2.45) is 0 Å². The van der Waals surface area contributed by atoms with Crippen LogP contribution in [0.2, 0.25) is 0 Å². The van der Waals surface area contributed by atoms with E-state index in [4.69, 9.17) is 0 Å². The summed E-state index contributed by atoms with van der Waals surface area (Å²) in [5.41, 5.74) is -0.807. The molecule has 17 heavy (non-hydrogen) atoms.